The molecule has 2 heteroatoms. The highest BCUT2D eigenvalue weighted by atomic mass is 32.2. The van der Waals surface area contributed by atoms with E-state index in [0.717, 1.165) is 13.1 Å². The summed E-state index contributed by atoms with van der Waals surface area (Å²) in [4.78, 5) is 0. The van der Waals surface area contributed by atoms with Crippen molar-refractivity contribution < 1.29 is 0 Å². The fourth-order valence-corrected chi connectivity index (χ4v) is 1.38. The van der Waals surface area contributed by atoms with Crippen molar-refractivity contribution in [2.75, 3.05) is 24.6 Å². The van der Waals surface area contributed by atoms with Gasteiger partial charge in [0.1, 0.15) is 0 Å². The van der Waals surface area contributed by atoms with Gasteiger partial charge in [-0.2, -0.15) is 11.8 Å². The third-order valence-electron chi connectivity index (χ3n) is 1.06. The van der Waals surface area contributed by atoms with Crippen LogP contribution in [0.15, 0.2) is 12.7 Å². The Morgan fingerprint density at radius 1 is 1.50 bits per heavy atom. The van der Waals surface area contributed by atoms with E-state index in [1.54, 1.807) is 0 Å². The first-order valence-electron chi connectivity index (χ1n) is 3.81. The van der Waals surface area contributed by atoms with Gasteiger partial charge in [0.15, 0.2) is 0 Å². The SMILES string of the molecule is C=CCNCCSCCC. The highest BCUT2D eigenvalue weighted by Gasteiger charge is 1.84. The van der Waals surface area contributed by atoms with E-state index in [9.17, 15) is 0 Å². The van der Waals surface area contributed by atoms with Crippen molar-refractivity contribution in [2.45, 2.75) is 13.3 Å². The van der Waals surface area contributed by atoms with Crippen molar-refractivity contribution in [1.82, 2.24) is 5.32 Å². The van der Waals surface area contributed by atoms with Gasteiger partial charge in [0.2, 0.25) is 0 Å². The number of thioether (sulfide) groups is 1. The summed E-state index contributed by atoms with van der Waals surface area (Å²) < 4.78 is 0. The van der Waals surface area contributed by atoms with Crippen molar-refractivity contribution in [3.63, 3.8) is 0 Å². The normalized spacial score (nSPS) is 9.70. The maximum atomic E-state index is 3.63. The average Bonchev–Trinajstić information content (AvgIpc) is 1.97. The van der Waals surface area contributed by atoms with E-state index in [4.69, 9.17) is 0 Å². The Bertz CT molecular complexity index is 73.7. The van der Waals surface area contributed by atoms with Gasteiger partial charge in [-0.05, 0) is 12.2 Å². The Balaban J connectivity index is 2.70. The van der Waals surface area contributed by atoms with Crippen LogP contribution in [0, 0.1) is 0 Å². The van der Waals surface area contributed by atoms with Gasteiger partial charge in [0.25, 0.3) is 0 Å². The Morgan fingerprint density at radius 3 is 2.90 bits per heavy atom. The molecule has 0 bridgehead atoms. The molecule has 0 aromatic carbocycles. The maximum absolute atomic E-state index is 3.63. The molecule has 0 aromatic rings. The van der Waals surface area contributed by atoms with Crippen LogP contribution in [0.4, 0.5) is 0 Å². The van der Waals surface area contributed by atoms with Gasteiger partial charge < -0.3 is 5.32 Å². The highest BCUT2D eigenvalue weighted by molar-refractivity contribution is 7.99. The van der Waals surface area contributed by atoms with Gasteiger partial charge in [-0.3, -0.25) is 0 Å². The molecule has 1 N–H and O–H groups in total. The monoisotopic (exact) mass is 159 g/mol. The fraction of sp³-hybridized carbons (Fsp3) is 0.750. The first kappa shape index (κ1) is 10.0. The quantitative estimate of drug-likeness (QED) is 0.450. The number of hydrogen-bond acceptors (Lipinski definition) is 2. The summed E-state index contributed by atoms with van der Waals surface area (Å²) in [7, 11) is 0. The second-order valence-corrected chi connectivity index (χ2v) is 3.33. The Labute approximate surface area is 68.3 Å². The summed E-state index contributed by atoms with van der Waals surface area (Å²) in [6.07, 6.45) is 3.18. The predicted molar refractivity (Wildman–Crippen MR) is 50.7 cm³/mol. The van der Waals surface area contributed by atoms with Gasteiger partial charge in [0.05, 0.1) is 0 Å². The predicted octanol–water partition coefficient (Wildman–Crippen LogP) is 1.91. The van der Waals surface area contributed by atoms with E-state index in [-0.39, 0.29) is 0 Å². The highest BCUT2D eigenvalue weighted by Crippen LogP contribution is 1.99. The van der Waals surface area contributed by atoms with Gasteiger partial charge in [-0.25, -0.2) is 0 Å². The molecule has 0 aliphatic carbocycles. The smallest absolute Gasteiger partial charge is 0.0132 e. The molecular weight excluding hydrogens is 142 g/mol. The Morgan fingerprint density at radius 2 is 2.30 bits per heavy atom. The molecule has 0 rings (SSSR count). The van der Waals surface area contributed by atoms with Crippen LogP contribution in [0.25, 0.3) is 0 Å². The molecule has 0 aromatic heterocycles. The molecule has 0 fully saturated rings. The minimum Gasteiger partial charge on any atom is -0.312 e. The second-order valence-electron chi connectivity index (χ2n) is 2.11. The van der Waals surface area contributed by atoms with Crippen molar-refractivity contribution in [3.05, 3.63) is 12.7 Å². The first-order valence-corrected chi connectivity index (χ1v) is 4.96. The molecule has 0 amide bonds. The van der Waals surface area contributed by atoms with Crippen LogP contribution in [-0.2, 0) is 0 Å². The van der Waals surface area contributed by atoms with Gasteiger partial charge in [-0.15, -0.1) is 6.58 Å². The van der Waals surface area contributed by atoms with E-state index in [1.165, 1.54) is 17.9 Å². The summed E-state index contributed by atoms with van der Waals surface area (Å²) in [6, 6.07) is 0. The summed E-state index contributed by atoms with van der Waals surface area (Å²) >= 11 is 2.01. The largest absolute Gasteiger partial charge is 0.312 e. The molecule has 0 saturated carbocycles. The molecule has 0 heterocycles. The van der Waals surface area contributed by atoms with Crippen molar-refractivity contribution in [1.29, 1.82) is 0 Å². The molecular formula is C8H17NS. The van der Waals surface area contributed by atoms with E-state index in [1.807, 2.05) is 17.8 Å². The number of hydrogen-bond donors (Lipinski definition) is 1. The topological polar surface area (TPSA) is 12.0 Å². The Hall–Kier alpha value is 0.0500. The summed E-state index contributed by atoms with van der Waals surface area (Å²) in [5, 5.41) is 3.26. The van der Waals surface area contributed by atoms with E-state index in [0.29, 0.717) is 0 Å². The third kappa shape index (κ3) is 8.05. The molecule has 0 spiro atoms. The van der Waals surface area contributed by atoms with Gasteiger partial charge in [0, 0.05) is 18.8 Å². The van der Waals surface area contributed by atoms with Gasteiger partial charge in [-0.1, -0.05) is 13.0 Å². The van der Waals surface area contributed by atoms with E-state index in [2.05, 4.69) is 18.8 Å². The number of nitrogens with one attached hydrogen (secondary N) is 1. The molecule has 0 unspecified atom stereocenters. The van der Waals surface area contributed by atoms with Crippen LogP contribution in [0.2, 0.25) is 0 Å². The van der Waals surface area contributed by atoms with E-state index >= 15 is 0 Å². The first-order chi connectivity index (χ1) is 4.91. The van der Waals surface area contributed by atoms with Crippen molar-refractivity contribution in [2.24, 2.45) is 0 Å². The molecule has 0 saturated heterocycles. The molecule has 0 aliphatic heterocycles. The minimum atomic E-state index is 0.937. The lowest BCUT2D eigenvalue weighted by Gasteiger charge is -1.99. The molecule has 0 aliphatic rings. The van der Waals surface area contributed by atoms with E-state index < -0.39 is 0 Å². The van der Waals surface area contributed by atoms with Crippen LogP contribution >= 0.6 is 11.8 Å². The van der Waals surface area contributed by atoms with Crippen LogP contribution in [0.5, 0.6) is 0 Å². The zero-order valence-electron chi connectivity index (χ0n) is 6.73. The molecule has 10 heavy (non-hydrogen) atoms. The second kappa shape index (κ2) is 9.05. The fourth-order valence-electron chi connectivity index (χ4n) is 0.595. The van der Waals surface area contributed by atoms with Crippen LogP contribution in [-0.4, -0.2) is 24.6 Å². The summed E-state index contributed by atoms with van der Waals surface area (Å²) in [5.41, 5.74) is 0. The zero-order chi connectivity index (χ0) is 7.66. The lowest BCUT2D eigenvalue weighted by atomic mass is 10.6. The lowest BCUT2D eigenvalue weighted by molar-refractivity contribution is 0.806. The lowest BCUT2D eigenvalue weighted by Crippen LogP contribution is -2.16. The average molecular weight is 159 g/mol. The van der Waals surface area contributed by atoms with Crippen LogP contribution in [0.1, 0.15) is 13.3 Å². The molecule has 0 radical (unpaired) electrons. The molecule has 60 valence electrons. The third-order valence-corrected chi connectivity index (χ3v) is 2.25. The summed E-state index contributed by atoms with van der Waals surface area (Å²) in [6.45, 7) is 7.88. The van der Waals surface area contributed by atoms with Crippen molar-refractivity contribution in [3.8, 4) is 0 Å². The zero-order valence-corrected chi connectivity index (χ0v) is 7.54. The Kier molecular flexibility index (Phi) is 9.10. The van der Waals surface area contributed by atoms with Crippen LogP contribution in [0.3, 0.4) is 0 Å². The molecule has 0 atom stereocenters. The maximum Gasteiger partial charge on any atom is 0.0132 e. The minimum absolute atomic E-state index is 0.937. The molecule has 1 nitrogen and oxygen atoms in total. The van der Waals surface area contributed by atoms with Crippen LogP contribution < -0.4 is 5.32 Å². The van der Waals surface area contributed by atoms with Gasteiger partial charge >= 0.3 is 0 Å². The van der Waals surface area contributed by atoms with Crippen molar-refractivity contribution >= 4 is 11.8 Å². The summed E-state index contributed by atoms with van der Waals surface area (Å²) in [5.74, 6) is 2.51. The number of rotatable bonds is 7. The standard InChI is InChI=1S/C8H17NS/c1-3-5-9-6-8-10-7-4-2/h3,9H,1,4-8H2,2H3.